The maximum absolute atomic E-state index is 11.5. The van der Waals surface area contributed by atoms with Crippen LogP contribution in [0.3, 0.4) is 0 Å². The molecule has 1 amide bonds. The smallest absolute Gasteiger partial charge is 0.338 e. The Labute approximate surface area is 109 Å². The van der Waals surface area contributed by atoms with Gasteiger partial charge in [-0.3, -0.25) is 4.79 Å². The van der Waals surface area contributed by atoms with Crippen LogP contribution in [0.2, 0.25) is 0 Å². The summed E-state index contributed by atoms with van der Waals surface area (Å²) in [6.07, 6.45) is 0.294. The number of aromatic carboxylic acids is 1. The lowest BCUT2D eigenvalue weighted by Gasteiger charge is -2.09. The van der Waals surface area contributed by atoms with Crippen molar-refractivity contribution in [1.82, 2.24) is 19.9 Å². The van der Waals surface area contributed by atoms with Crippen LogP contribution in [0.15, 0.2) is 18.2 Å². The number of benzene rings is 1. The van der Waals surface area contributed by atoms with Crippen molar-refractivity contribution in [2.75, 3.05) is 14.1 Å². The third-order valence-corrected chi connectivity index (χ3v) is 2.81. The number of carbonyl (C=O) groups is 2. The quantitative estimate of drug-likeness (QED) is 0.872. The molecule has 1 N–H and O–H groups in total. The average Bonchev–Trinajstić information content (AvgIpc) is 2.78. The number of rotatable bonds is 4. The van der Waals surface area contributed by atoms with Crippen LogP contribution in [0.1, 0.15) is 16.8 Å². The largest absolute Gasteiger partial charge is 0.478 e. The molecule has 0 spiro atoms. The second kappa shape index (κ2) is 5.05. The highest BCUT2D eigenvalue weighted by molar-refractivity contribution is 6.00. The van der Waals surface area contributed by atoms with E-state index in [-0.39, 0.29) is 11.5 Å². The Hall–Kier alpha value is -2.44. The third kappa shape index (κ3) is 2.54. The molecule has 0 radical (unpaired) electrons. The number of carbonyl (C=O) groups excluding carboxylic acids is 1. The fourth-order valence-corrected chi connectivity index (χ4v) is 1.75. The van der Waals surface area contributed by atoms with Gasteiger partial charge in [-0.15, -0.1) is 5.10 Å². The second-order valence-electron chi connectivity index (χ2n) is 4.33. The van der Waals surface area contributed by atoms with Crippen molar-refractivity contribution in [3.05, 3.63) is 23.8 Å². The summed E-state index contributed by atoms with van der Waals surface area (Å²) in [4.78, 5) is 24.1. The van der Waals surface area contributed by atoms with E-state index in [0.717, 1.165) is 0 Å². The van der Waals surface area contributed by atoms with Crippen molar-refractivity contribution >= 4 is 22.9 Å². The predicted molar refractivity (Wildman–Crippen MR) is 67.8 cm³/mol. The van der Waals surface area contributed by atoms with Gasteiger partial charge in [-0.25, -0.2) is 9.48 Å². The molecule has 100 valence electrons. The normalized spacial score (nSPS) is 10.6. The number of hydrogen-bond acceptors (Lipinski definition) is 4. The number of aromatic nitrogens is 3. The standard InChI is InChI=1S/C12H14N4O3/c1-15(2)10(17)6-7-16-9-5-3-4-8(12(18)19)11(9)13-14-16/h3-5H,6-7H2,1-2H3,(H,18,19). The van der Waals surface area contributed by atoms with E-state index in [4.69, 9.17) is 5.11 Å². The van der Waals surface area contributed by atoms with E-state index in [1.807, 2.05) is 0 Å². The molecule has 0 aliphatic carbocycles. The number of nitrogens with zero attached hydrogens (tertiary/aromatic N) is 4. The molecule has 1 aromatic carbocycles. The fourth-order valence-electron chi connectivity index (χ4n) is 1.75. The predicted octanol–water partition coefficient (Wildman–Crippen LogP) is 0.608. The first-order valence-electron chi connectivity index (χ1n) is 5.76. The molecule has 1 aromatic heterocycles. The van der Waals surface area contributed by atoms with Crippen molar-refractivity contribution in [2.45, 2.75) is 13.0 Å². The highest BCUT2D eigenvalue weighted by atomic mass is 16.4. The van der Waals surface area contributed by atoms with Gasteiger partial charge in [0.15, 0.2) is 0 Å². The molecule has 0 aliphatic heterocycles. The summed E-state index contributed by atoms with van der Waals surface area (Å²) in [5.74, 6) is -1.06. The fraction of sp³-hybridized carbons (Fsp3) is 0.333. The van der Waals surface area contributed by atoms with Crippen LogP contribution in [0.4, 0.5) is 0 Å². The van der Waals surface area contributed by atoms with Crippen LogP contribution in [0, 0.1) is 0 Å². The highest BCUT2D eigenvalue weighted by Gasteiger charge is 2.14. The molecule has 7 heteroatoms. The van der Waals surface area contributed by atoms with E-state index in [1.54, 1.807) is 30.9 Å². The van der Waals surface area contributed by atoms with Gasteiger partial charge in [0.05, 0.1) is 17.6 Å². The monoisotopic (exact) mass is 262 g/mol. The van der Waals surface area contributed by atoms with Crippen molar-refractivity contribution in [2.24, 2.45) is 0 Å². The van der Waals surface area contributed by atoms with Gasteiger partial charge in [0.25, 0.3) is 0 Å². The summed E-state index contributed by atoms with van der Waals surface area (Å²) >= 11 is 0. The molecule has 19 heavy (non-hydrogen) atoms. The molecule has 1 heterocycles. The number of fused-ring (bicyclic) bond motifs is 1. The number of amides is 1. The zero-order valence-electron chi connectivity index (χ0n) is 10.7. The molecule has 2 aromatic rings. The van der Waals surface area contributed by atoms with Crippen LogP contribution < -0.4 is 0 Å². The molecule has 0 saturated carbocycles. The minimum atomic E-state index is -1.04. The molecule has 0 atom stereocenters. The summed E-state index contributed by atoms with van der Waals surface area (Å²) in [7, 11) is 3.37. The number of aryl methyl sites for hydroxylation is 1. The zero-order valence-corrected chi connectivity index (χ0v) is 10.7. The van der Waals surface area contributed by atoms with Gasteiger partial charge in [-0.1, -0.05) is 11.3 Å². The first-order valence-corrected chi connectivity index (χ1v) is 5.76. The van der Waals surface area contributed by atoms with Gasteiger partial charge >= 0.3 is 5.97 Å². The van der Waals surface area contributed by atoms with Crippen molar-refractivity contribution in [1.29, 1.82) is 0 Å². The Balaban J connectivity index is 2.29. The van der Waals surface area contributed by atoms with E-state index in [0.29, 0.717) is 24.0 Å². The molecule has 0 saturated heterocycles. The summed E-state index contributed by atoms with van der Waals surface area (Å²) in [6, 6.07) is 4.86. The van der Waals surface area contributed by atoms with Crippen molar-refractivity contribution < 1.29 is 14.7 Å². The maximum atomic E-state index is 11.5. The Kier molecular flexibility index (Phi) is 3.46. The minimum absolute atomic E-state index is 0.0157. The van der Waals surface area contributed by atoms with E-state index in [9.17, 15) is 9.59 Å². The van der Waals surface area contributed by atoms with Crippen LogP contribution in [0.5, 0.6) is 0 Å². The Morgan fingerprint density at radius 2 is 2.11 bits per heavy atom. The van der Waals surface area contributed by atoms with Gasteiger partial charge < -0.3 is 10.0 Å². The first-order chi connectivity index (χ1) is 9.00. The minimum Gasteiger partial charge on any atom is -0.478 e. The molecule has 7 nitrogen and oxygen atoms in total. The van der Waals surface area contributed by atoms with E-state index < -0.39 is 5.97 Å². The summed E-state index contributed by atoms with van der Waals surface area (Å²) < 4.78 is 1.54. The number of hydrogen-bond donors (Lipinski definition) is 1. The molecule has 0 bridgehead atoms. The topological polar surface area (TPSA) is 88.3 Å². The summed E-state index contributed by atoms with van der Waals surface area (Å²) in [6.45, 7) is 0.372. The molecule has 0 unspecified atom stereocenters. The van der Waals surface area contributed by atoms with Crippen LogP contribution in [-0.2, 0) is 11.3 Å². The van der Waals surface area contributed by atoms with Crippen LogP contribution in [0.25, 0.3) is 11.0 Å². The lowest BCUT2D eigenvalue weighted by Crippen LogP contribution is -2.23. The van der Waals surface area contributed by atoms with Gasteiger partial charge in [0.2, 0.25) is 5.91 Å². The molecular formula is C12H14N4O3. The van der Waals surface area contributed by atoms with E-state index >= 15 is 0 Å². The Morgan fingerprint density at radius 1 is 1.37 bits per heavy atom. The van der Waals surface area contributed by atoms with Gasteiger partial charge in [-0.2, -0.15) is 0 Å². The highest BCUT2D eigenvalue weighted by Crippen LogP contribution is 2.16. The lowest BCUT2D eigenvalue weighted by molar-refractivity contribution is -0.128. The second-order valence-corrected chi connectivity index (χ2v) is 4.33. The molecular weight excluding hydrogens is 248 g/mol. The van der Waals surface area contributed by atoms with Gasteiger partial charge in [0, 0.05) is 20.5 Å². The van der Waals surface area contributed by atoms with E-state index in [2.05, 4.69) is 10.3 Å². The van der Waals surface area contributed by atoms with Gasteiger partial charge in [0.1, 0.15) is 5.52 Å². The molecule has 2 rings (SSSR count). The van der Waals surface area contributed by atoms with Crippen molar-refractivity contribution in [3.8, 4) is 0 Å². The van der Waals surface area contributed by atoms with Crippen molar-refractivity contribution in [3.63, 3.8) is 0 Å². The summed E-state index contributed by atoms with van der Waals surface area (Å²) in [5, 5.41) is 16.8. The lowest BCUT2D eigenvalue weighted by atomic mass is 10.2. The Morgan fingerprint density at radius 3 is 2.74 bits per heavy atom. The van der Waals surface area contributed by atoms with E-state index in [1.165, 1.54) is 11.0 Å². The van der Waals surface area contributed by atoms with Gasteiger partial charge in [-0.05, 0) is 12.1 Å². The third-order valence-electron chi connectivity index (χ3n) is 2.81. The number of carboxylic acids is 1. The number of carboxylic acid groups (broad SMARTS) is 1. The average molecular weight is 262 g/mol. The maximum Gasteiger partial charge on any atom is 0.338 e. The van der Waals surface area contributed by atoms with Crippen LogP contribution >= 0.6 is 0 Å². The molecule has 0 fully saturated rings. The SMILES string of the molecule is CN(C)C(=O)CCn1nnc2c(C(=O)O)cccc21. The molecule has 0 aliphatic rings. The summed E-state index contributed by atoms with van der Waals surface area (Å²) in [5.41, 5.74) is 1.07. The zero-order chi connectivity index (χ0) is 14.0. The first kappa shape index (κ1) is 13.0. The van der Waals surface area contributed by atoms with Crippen LogP contribution in [-0.4, -0.2) is 51.0 Å². The Bertz CT molecular complexity index is 633.